The van der Waals surface area contributed by atoms with Crippen LogP contribution in [-0.4, -0.2) is 18.9 Å². The molecule has 2 amide bonds. The van der Waals surface area contributed by atoms with Crippen LogP contribution in [0.15, 0.2) is 66.4 Å². The molecule has 0 saturated carbocycles. The van der Waals surface area contributed by atoms with E-state index in [1.807, 2.05) is 13.0 Å². The van der Waals surface area contributed by atoms with Crippen molar-refractivity contribution in [1.29, 1.82) is 0 Å². The molecule has 0 aliphatic carbocycles. The van der Waals surface area contributed by atoms with Gasteiger partial charge in [0.1, 0.15) is 11.4 Å². The van der Waals surface area contributed by atoms with Crippen molar-refractivity contribution >= 4 is 52.0 Å². The lowest BCUT2D eigenvalue weighted by Gasteiger charge is -2.18. The fourth-order valence-electron chi connectivity index (χ4n) is 3.64. The van der Waals surface area contributed by atoms with Gasteiger partial charge in [-0.25, -0.2) is 4.90 Å². The molecule has 5 nitrogen and oxygen atoms in total. The molecule has 1 aliphatic heterocycles. The molecule has 0 fully saturated rings. The zero-order chi connectivity index (χ0) is 23.0. The first-order chi connectivity index (χ1) is 15.3. The first kappa shape index (κ1) is 21.9. The molecule has 0 saturated heterocycles. The average Bonchev–Trinajstić information content (AvgIpc) is 3.01. The summed E-state index contributed by atoms with van der Waals surface area (Å²) in [5.41, 5.74) is 3.67. The number of ether oxygens (including phenoxy) is 1. The van der Waals surface area contributed by atoms with Gasteiger partial charge in [-0.05, 0) is 73.0 Å². The molecule has 0 radical (unpaired) electrons. The van der Waals surface area contributed by atoms with Crippen LogP contribution in [0.4, 0.5) is 11.4 Å². The number of carbonyl (C=O) groups excluding carboxylic acids is 2. The van der Waals surface area contributed by atoms with E-state index in [1.165, 1.54) is 4.90 Å². The van der Waals surface area contributed by atoms with Crippen molar-refractivity contribution in [3.8, 4) is 5.75 Å². The number of nitrogens with one attached hydrogen (secondary N) is 1. The third-order valence-corrected chi connectivity index (χ3v) is 6.03. The van der Waals surface area contributed by atoms with Crippen LogP contribution in [0.2, 0.25) is 10.0 Å². The number of anilines is 2. The number of aryl methyl sites for hydroxylation is 1. The van der Waals surface area contributed by atoms with Crippen molar-refractivity contribution in [1.82, 2.24) is 0 Å². The Hall–Kier alpha value is -3.28. The number of benzene rings is 3. The minimum Gasteiger partial charge on any atom is -0.497 e. The van der Waals surface area contributed by atoms with Gasteiger partial charge >= 0.3 is 0 Å². The lowest BCUT2D eigenvalue weighted by molar-refractivity contribution is -0.120. The highest BCUT2D eigenvalue weighted by atomic mass is 35.5. The Kier molecular flexibility index (Phi) is 5.96. The van der Waals surface area contributed by atoms with Gasteiger partial charge in [0.25, 0.3) is 11.8 Å². The molecular weight excluding hydrogens is 447 g/mol. The largest absolute Gasteiger partial charge is 0.497 e. The number of rotatable bonds is 5. The molecule has 0 unspecified atom stereocenters. The maximum atomic E-state index is 13.6. The Morgan fingerprint density at radius 1 is 0.906 bits per heavy atom. The summed E-state index contributed by atoms with van der Waals surface area (Å²) in [6.07, 6.45) is 0. The summed E-state index contributed by atoms with van der Waals surface area (Å²) in [6.45, 7) is 3.65. The first-order valence-corrected chi connectivity index (χ1v) is 10.6. The number of halogens is 2. The van der Waals surface area contributed by atoms with E-state index < -0.39 is 11.8 Å². The fourth-order valence-corrected chi connectivity index (χ4v) is 4.04. The Morgan fingerprint density at radius 2 is 1.62 bits per heavy atom. The summed E-state index contributed by atoms with van der Waals surface area (Å²) < 4.78 is 5.23. The van der Waals surface area contributed by atoms with E-state index in [1.54, 1.807) is 68.6 Å². The molecule has 3 aromatic rings. The number of amides is 2. The van der Waals surface area contributed by atoms with Gasteiger partial charge in [0, 0.05) is 15.7 Å². The second-order valence-corrected chi connectivity index (χ2v) is 8.24. The second kappa shape index (κ2) is 8.69. The predicted octanol–water partition coefficient (Wildman–Crippen LogP) is 6.02. The molecule has 0 atom stereocenters. The molecule has 1 heterocycles. The molecule has 1 N–H and O–H groups in total. The molecule has 0 spiro atoms. The fraction of sp³-hybridized carbons (Fsp3) is 0.120. The summed E-state index contributed by atoms with van der Waals surface area (Å²) in [5.74, 6) is -0.227. The van der Waals surface area contributed by atoms with Crippen molar-refractivity contribution in [3.05, 3.63) is 93.1 Å². The van der Waals surface area contributed by atoms with Crippen LogP contribution in [0.5, 0.6) is 5.75 Å². The SMILES string of the molecule is COc1ccc(C2=C(Nc3cccc(Cl)c3C)C(=O)N(c3ccc(Cl)cc3C)C2=O)cc1. The highest BCUT2D eigenvalue weighted by Crippen LogP contribution is 2.37. The lowest BCUT2D eigenvalue weighted by Crippen LogP contribution is -2.33. The summed E-state index contributed by atoms with van der Waals surface area (Å²) in [7, 11) is 1.57. The van der Waals surface area contributed by atoms with E-state index in [-0.39, 0.29) is 11.3 Å². The molecule has 162 valence electrons. The lowest BCUT2D eigenvalue weighted by atomic mass is 10.0. The zero-order valence-corrected chi connectivity index (χ0v) is 19.2. The third-order valence-electron chi connectivity index (χ3n) is 5.39. The summed E-state index contributed by atoms with van der Waals surface area (Å²) in [4.78, 5) is 28.3. The standard InChI is InChI=1S/C25H20Cl2N2O3/c1-14-13-17(26)9-12-21(14)29-24(30)22(16-7-10-18(32-3)11-8-16)23(25(29)31)28-20-6-4-5-19(27)15(20)2/h4-13,28H,1-3H3. The summed E-state index contributed by atoms with van der Waals surface area (Å²) >= 11 is 12.3. The molecule has 4 rings (SSSR count). The Balaban J connectivity index is 1.86. The van der Waals surface area contributed by atoms with Gasteiger partial charge in [-0.3, -0.25) is 9.59 Å². The van der Waals surface area contributed by atoms with Crippen LogP contribution < -0.4 is 15.0 Å². The highest BCUT2D eigenvalue weighted by Gasteiger charge is 2.41. The van der Waals surface area contributed by atoms with E-state index in [0.29, 0.717) is 38.3 Å². The van der Waals surface area contributed by atoms with Gasteiger partial charge in [-0.1, -0.05) is 41.4 Å². The average molecular weight is 467 g/mol. The number of imide groups is 1. The minimum atomic E-state index is -0.453. The predicted molar refractivity (Wildman–Crippen MR) is 128 cm³/mol. The van der Waals surface area contributed by atoms with Crippen LogP contribution in [0.3, 0.4) is 0 Å². The van der Waals surface area contributed by atoms with Crippen molar-refractivity contribution < 1.29 is 14.3 Å². The molecule has 3 aromatic carbocycles. The molecule has 32 heavy (non-hydrogen) atoms. The normalized spacial score (nSPS) is 13.7. The van der Waals surface area contributed by atoms with E-state index >= 15 is 0 Å². The van der Waals surface area contributed by atoms with Gasteiger partial charge in [0.05, 0.1) is 18.4 Å². The molecule has 0 bridgehead atoms. The van der Waals surface area contributed by atoms with Gasteiger partial charge in [0.2, 0.25) is 0 Å². The third kappa shape index (κ3) is 3.85. The number of hydrogen-bond donors (Lipinski definition) is 1. The molecule has 7 heteroatoms. The Bertz CT molecular complexity index is 1270. The molecular formula is C25H20Cl2N2O3. The maximum absolute atomic E-state index is 13.6. The van der Waals surface area contributed by atoms with E-state index in [4.69, 9.17) is 27.9 Å². The van der Waals surface area contributed by atoms with Crippen LogP contribution in [0.25, 0.3) is 5.57 Å². The van der Waals surface area contributed by atoms with Crippen molar-refractivity contribution in [2.24, 2.45) is 0 Å². The number of methoxy groups -OCH3 is 1. The van der Waals surface area contributed by atoms with Crippen LogP contribution >= 0.6 is 23.2 Å². The van der Waals surface area contributed by atoms with Crippen LogP contribution in [0, 0.1) is 13.8 Å². The van der Waals surface area contributed by atoms with Gasteiger partial charge in [0.15, 0.2) is 0 Å². The van der Waals surface area contributed by atoms with Crippen LogP contribution in [0.1, 0.15) is 16.7 Å². The number of carbonyl (C=O) groups is 2. The highest BCUT2D eigenvalue weighted by molar-refractivity contribution is 6.46. The first-order valence-electron chi connectivity index (χ1n) is 9.87. The second-order valence-electron chi connectivity index (χ2n) is 7.39. The van der Waals surface area contributed by atoms with E-state index in [9.17, 15) is 9.59 Å². The van der Waals surface area contributed by atoms with Crippen molar-refractivity contribution in [2.45, 2.75) is 13.8 Å². The number of nitrogens with zero attached hydrogens (tertiary/aromatic N) is 1. The van der Waals surface area contributed by atoms with Crippen molar-refractivity contribution in [2.75, 3.05) is 17.3 Å². The van der Waals surface area contributed by atoms with E-state index in [0.717, 1.165) is 5.56 Å². The van der Waals surface area contributed by atoms with Crippen LogP contribution in [-0.2, 0) is 9.59 Å². The van der Waals surface area contributed by atoms with Crippen molar-refractivity contribution in [3.63, 3.8) is 0 Å². The van der Waals surface area contributed by atoms with Gasteiger partial charge in [-0.15, -0.1) is 0 Å². The Labute approximate surface area is 196 Å². The smallest absolute Gasteiger partial charge is 0.282 e. The molecule has 1 aliphatic rings. The summed E-state index contributed by atoms with van der Waals surface area (Å²) in [5, 5.41) is 4.25. The zero-order valence-electron chi connectivity index (χ0n) is 17.7. The molecule has 0 aromatic heterocycles. The number of hydrogen-bond acceptors (Lipinski definition) is 4. The summed E-state index contributed by atoms with van der Waals surface area (Å²) in [6, 6.07) is 17.4. The van der Waals surface area contributed by atoms with Gasteiger partial charge in [-0.2, -0.15) is 0 Å². The van der Waals surface area contributed by atoms with E-state index in [2.05, 4.69) is 5.32 Å². The van der Waals surface area contributed by atoms with Gasteiger partial charge < -0.3 is 10.1 Å². The maximum Gasteiger partial charge on any atom is 0.282 e. The monoisotopic (exact) mass is 466 g/mol. The topological polar surface area (TPSA) is 58.6 Å². The minimum absolute atomic E-state index is 0.180. The quantitative estimate of drug-likeness (QED) is 0.467. The Morgan fingerprint density at radius 3 is 2.28 bits per heavy atom.